The molecule has 0 spiro atoms. The zero-order chi connectivity index (χ0) is 22.7. The summed E-state index contributed by atoms with van der Waals surface area (Å²) in [7, 11) is 1.66. The first kappa shape index (κ1) is 22.3. The summed E-state index contributed by atoms with van der Waals surface area (Å²) >= 11 is 6.20. The number of ether oxygens (including phenoxy) is 1. The van der Waals surface area contributed by atoms with Crippen LogP contribution in [0.15, 0.2) is 47.0 Å². The van der Waals surface area contributed by atoms with Gasteiger partial charge in [-0.2, -0.15) is 0 Å². The van der Waals surface area contributed by atoms with Gasteiger partial charge in [-0.3, -0.25) is 9.69 Å². The fraction of sp³-hybridized carbons (Fsp3) is 0.333. The molecule has 1 amide bonds. The number of aromatic nitrogens is 1. The van der Waals surface area contributed by atoms with Crippen LogP contribution in [0, 0.1) is 12.7 Å². The van der Waals surface area contributed by atoms with Crippen molar-refractivity contribution >= 4 is 17.5 Å². The van der Waals surface area contributed by atoms with Crippen LogP contribution in [-0.2, 0) is 6.42 Å². The molecule has 0 N–H and O–H groups in total. The minimum absolute atomic E-state index is 0.0903. The van der Waals surface area contributed by atoms with Crippen LogP contribution in [0.1, 0.15) is 21.7 Å². The zero-order valence-electron chi connectivity index (χ0n) is 18.1. The van der Waals surface area contributed by atoms with E-state index in [2.05, 4.69) is 22.2 Å². The summed E-state index contributed by atoms with van der Waals surface area (Å²) in [5.41, 5.74) is 1.75. The molecular weight excluding hydrogens is 433 g/mol. The van der Waals surface area contributed by atoms with E-state index in [1.807, 2.05) is 12.1 Å². The Hall–Kier alpha value is -2.90. The minimum Gasteiger partial charge on any atom is -0.497 e. The second kappa shape index (κ2) is 9.71. The molecule has 4 rings (SSSR count). The molecule has 0 unspecified atom stereocenters. The molecule has 1 aromatic heterocycles. The fourth-order valence-corrected chi connectivity index (χ4v) is 4.18. The Morgan fingerprint density at radius 2 is 1.88 bits per heavy atom. The van der Waals surface area contributed by atoms with Gasteiger partial charge in [0.05, 0.1) is 17.7 Å². The van der Waals surface area contributed by atoms with E-state index in [0.717, 1.165) is 31.8 Å². The monoisotopic (exact) mass is 457 g/mol. The van der Waals surface area contributed by atoms with Crippen molar-refractivity contribution in [3.63, 3.8) is 0 Å². The number of piperazine rings is 1. The second-order valence-electron chi connectivity index (χ2n) is 7.79. The highest BCUT2D eigenvalue weighted by Gasteiger charge is 2.30. The molecule has 0 aliphatic carbocycles. The highest BCUT2D eigenvalue weighted by atomic mass is 35.5. The second-order valence-corrected chi connectivity index (χ2v) is 8.20. The molecule has 0 saturated carbocycles. The molecule has 1 saturated heterocycles. The maximum atomic E-state index is 14.4. The SMILES string of the molecule is COc1ccc(CCN2CCN(C(=O)c3c(-c4c(F)cccc4Cl)noc3C)CC2)cc1. The van der Waals surface area contributed by atoms with E-state index in [1.165, 1.54) is 17.7 Å². The van der Waals surface area contributed by atoms with Gasteiger partial charge in [0.1, 0.15) is 28.6 Å². The predicted molar refractivity (Wildman–Crippen MR) is 121 cm³/mol. The van der Waals surface area contributed by atoms with E-state index in [-0.39, 0.29) is 27.8 Å². The number of halogens is 2. The Labute approximate surface area is 191 Å². The molecule has 1 fully saturated rings. The lowest BCUT2D eigenvalue weighted by molar-refractivity contribution is 0.0637. The standard InChI is InChI=1S/C24H25ClFN3O3/c1-16-21(23(27-32-16)22-19(25)4-3-5-20(22)26)24(30)29-14-12-28(13-15-29)11-10-17-6-8-18(31-2)9-7-17/h3-9H,10-15H2,1-2H3. The third kappa shape index (κ3) is 4.64. The van der Waals surface area contributed by atoms with Crippen LogP contribution < -0.4 is 4.74 Å². The smallest absolute Gasteiger partial charge is 0.259 e. The lowest BCUT2D eigenvalue weighted by Crippen LogP contribution is -2.49. The van der Waals surface area contributed by atoms with Crippen LogP contribution in [-0.4, -0.2) is 60.7 Å². The van der Waals surface area contributed by atoms with Gasteiger partial charge in [0.15, 0.2) is 0 Å². The number of benzene rings is 2. The molecule has 168 valence electrons. The molecule has 3 aromatic rings. The highest BCUT2D eigenvalue weighted by molar-refractivity contribution is 6.33. The first-order chi connectivity index (χ1) is 15.5. The van der Waals surface area contributed by atoms with Crippen LogP contribution in [0.25, 0.3) is 11.3 Å². The third-order valence-corrected chi connectivity index (χ3v) is 6.13. The average Bonchev–Trinajstić information content (AvgIpc) is 3.18. The van der Waals surface area contributed by atoms with E-state index in [9.17, 15) is 9.18 Å². The molecule has 0 radical (unpaired) electrons. The van der Waals surface area contributed by atoms with Gasteiger partial charge in [-0.25, -0.2) is 4.39 Å². The summed E-state index contributed by atoms with van der Waals surface area (Å²) in [6.07, 6.45) is 0.929. The first-order valence-corrected chi connectivity index (χ1v) is 10.9. The Morgan fingerprint density at radius 3 is 2.53 bits per heavy atom. The van der Waals surface area contributed by atoms with Gasteiger partial charge < -0.3 is 14.2 Å². The number of rotatable bonds is 6. The molecule has 0 atom stereocenters. The molecule has 1 aliphatic rings. The van der Waals surface area contributed by atoms with Gasteiger partial charge in [0.25, 0.3) is 5.91 Å². The summed E-state index contributed by atoms with van der Waals surface area (Å²) in [4.78, 5) is 17.4. The van der Waals surface area contributed by atoms with Crippen molar-refractivity contribution in [2.75, 3.05) is 39.8 Å². The molecule has 32 heavy (non-hydrogen) atoms. The molecule has 2 aromatic carbocycles. The van der Waals surface area contributed by atoms with Gasteiger partial charge in [0, 0.05) is 32.7 Å². The van der Waals surface area contributed by atoms with Gasteiger partial charge in [-0.05, 0) is 43.2 Å². The highest BCUT2D eigenvalue weighted by Crippen LogP contribution is 2.34. The van der Waals surface area contributed by atoms with Crippen molar-refractivity contribution in [3.05, 3.63) is 70.2 Å². The average molecular weight is 458 g/mol. The van der Waals surface area contributed by atoms with Crippen LogP contribution >= 0.6 is 11.6 Å². The van der Waals surface area contributed by atoms with E-state index in [1.54, 1.807) is 25.0 Å². The molecule has 2 heterocycles. The zero-order valence-corrected chi connectivity index (χ0v) is 18.9. The number of nitrogens with zero attached hydrogens (tertiary/aromatic N) is 3. The summed E-state index contributed by atoms with van der Waals surface area (Å²) in [6, 6.07) is 12.5. The van der Waals surface area contributed by atoms with Crippen LogP contribution in [0.2, 0.25) is 5.02 Å². The van der Waals surface area contributed by atoms with Crippen LogP contribution in [0.5, 0.6) is 5.75 Å². The molecule has 0 bridgehead atoms. The van der Waals surface area contributed by atoms with Gasteiger partial charge in [-0.15, -0.1) is 0 Å². The molecular formula is C24H25ClFN3O3. The Kier molecular flexibility index (Phi) is 6.77. The van der Waals surface area contributed by atoms with Crippen molar-refractivity contribution in [2.45, 2.75) is 13.3 Å². The maximum absolute atomic E-state index is 14.4. The number of methoxy groups -OCH3 is 1. The number of hydrogen-bond donors (Lipinski definition) is 0. The van der Waals surface area contributed by atoms with Crippen molar-refractivity contribution in [2.24, 2.45) is 0 Å². The van der Waals surface area contributed by atoms with Crippen molar-refractivity contribution in [3.8, 4) is 17.0 Å². The topological polar surface area (TPSA) is 58.8 Å². The van der Waals surface area contributed by atoms with Crippen LogP contribution in [0.4, 0.5) is 4.39 Å². The third-order valence-electron chi connectivity index (χ3n) is 5.81. The summed E-state index contributed by atoms with van der Waals surface area (Å²) in [5.74, 6) is 0.447. The number of carbonyl (C=O) groups excluding carboxylic acids is 1. The number of aryl methyl sites for hydroxylation is 1. The van der Waals surface area contributed by atoms with Gasteiger partial charge >= 0.3 is 0 Å². The fourth-order valence-electron chi connectivity index (χ4n) is 3.93. The lowest BCUT2D eigenvalue weighted by Gasteiger charge is -2.34. The maximum Gasteiger partial charge on any atom is 0.259 e. The van der Waals surface area contributed by atoms with Gasteiger partial charge in [-0.1, -0.05) is 35.0 Å². The Balaban J connectivity index is 1.40. The normalized spacial score (nSPS) is 14.6. The quantitative estimate of drug-likeness (QED) is 0.547. The Morgan fingerprint density at radius 1 is 1.16 bits per heavy atom. The molecule has 8 heteroatoms. The van der Waals surface area contributed by atoms with Crippen molar-refractivity contribution in [1.29, 1.82) is 0 Å². The molecule has 6 nitrogen and oxygen atoms in total. The Bertz CT molecular complexity index is 1070. The first-order valence-electron chi connectivity index (χ1n) is 10.5. The van der Waals surface area contributed by atoms with E-state index in [4.69, 9.17) is 20.9 Å². The number of amides is 1. The molecule has 1 aliphatic heterocycles. The van der Waals surface area contributed by atoms with Gasteiger partial charge in [0.2, 0.25) is 0 Å². The van der Waals surface area contributed by atoms with Crippen LogP contribution in [0.3, 0.4) is 0 Å². The summed E-state index contributed by atoms with van der Waals surface area (Å²) < 4.78 is 24.9. The van der Waals surface area contributed by atoms with E-state index in [0.29, 0.717) is 18.8 Å². The summed E-state index contributed by atoms with van der Waals surface area (Å²) in [5, 5.41) is 4.14. The van der Waals surface area contributed by atoms with E-state index >= 15 is 0 Å². The largest absolute Gasteiger partial charge is 0.497 e. The number of hydrogen-bond acceptors (Lipinski definition) is 5. The number of carbonyl (C=O) groups is 1. The van der Waals surface area contributed by atoms with Crippen molar-refractivity contribution < 1.29 is 18.4 Å². The van der Waals surface area contributed by atoms with Crippen molar-refractivity contribution in [1.82, 2.24) is 15.0 Å². The minimum atomic E-state index is -0.539. The lowest BCUT2D eigenvalue weighted by atomic mass is 10.0. The predicted octanol–water partition coefficient (Wildman–Crippen LogP) is 4.45. The summed E-state index contributed by atoms with van der Waals surface area (Å²) in [6.45, 7) is 5.26. The van der Waals surface area contributed by atoms with E-state index < -0.39 is 5.82 Å².